The van der Waals surface area contributed by atoms with Gasteiger partial charge < -0.3 is 16.0 Å². The summed E-state index contributed by atoms with van der Waals surface area (Å²) in [7, 11) is 0. The molecule has 1 aromatic carbocycles. The Balaban J connectivity index is 1.86. The van der Waals surface area contributed by atoms with Gasteiger partial charge in [-0.25, -0.2) is 4.98 Å². The van der Waals surface area contributed by atoms with Crippen LogP contribution in [0.5, 0.6) is 0 Å². The maximum Gasteiger partial charge on any atom is 0.258 e. The molecule has 0 bridgehead atoms. The van der Waals surface area contributed by atoms with Crippen LogP contribution in [0.4, 0.5) is 0 Å². The number of hydrogen-bond donors (Lipinski definition) is 3. The van der Waals surface area contributed by atoms with Crippen molar-refractivity contribution >= 4 is 16.8 Å². The van der Waals surface area contributed by atoms with Gasteiger partial charge >= 0.3 is 0 Å². The first-order chi connectivity index (χ1) is 11.5. The fraction of sp³-hybridized carbons (Fsp3) is 0.500. The van der Waals surface area contributed by atoms with Crippen LogP contribution in [0.25, 0.3) is 10.9 Å². The van der Waals surface area contributed by atoms with Crippen molar-refractivity contribution in [2.75, 3.05) is 6.54 Å². The molecule has 0 saturated heterocycles. The Labute approximate surface area is 141 Å². The number of aromatic amines is 1. The lowest BCUT2D eigenvalue weighted by Crippen LogP contribution is -2.49. The molecule has 24 heavy (non-hydrogen) atoms. The predicted molar refractivity (Wildman–Crippen MR) is 95.8 cm³/mol. The van der Waals surface area contributed by atoms with Crippen molar-refractivity contribution in [1.82, 2.24) is 15.3 Å². The number of H-pyrrole nitrogens is 1. The molecule has 0 aliphatic heterocycles. The summed E-state index contributed by atoms with van der Waals surface area (Å²) in [6.07, 6.45) is 3.23. The van der Waals surface area contributed by atoms with E-state index in [9.17, 15) is 9.59 Å². The highest BCUT2D eigenvalue weighted by molar-refractivity contribution is 5.77. The third-order valence-electron chi connectivity index (χ3n) is 4.53. The number of hydrogen-bond acceptors (Lipinski definition) is 4. The normalized spacial score (nSPS) is 11.6. The number of nitrogens with zero attached hydrogens (tertiary/aromatic N) is 1. The largest absolute Gasteiger partial charge is 0.354 e. The molecular weight excluding hydrogens is 304 g/mol. The molecule has 0 aliphatic rings. The Kier molecular flexibility index (Phi) is 6.09. The van der Waals surface area contributed by atoms with Crippen LogP contribution in [0.15, 0.2) is 29.1 Å². The number of carbonyl (C=O) groups excluding carboxylic acids is 1. The van der Waals surface area contributed by atoms with Gasteiger partial charge in [0.05, 0.1) is 10.9 Å². The number of para-hydroxylation sites is 1. The van der Waals surface area contributed by atoms with Crippen molar-refractivity contribution in [3.63, 3.8) is 0 Å². The van der Waals surface area contributed by atoms with Crippen molar-refractivity contribution in [3.8, 4) is 0 Å². The van der Waals surface area contributed by atoms with Crippen molar-refractivity contribution in [3.05, 3.63) is 40.4 Å². The summed E-state index contributed by atoms with van der Waals surface area (Å²) in [5.74, 6) is 0.594. The van der Waals surface area contributed by atoms with Crippen molar-refractivity contribution in [2.45, 2.75) is 51.5 Å². The molecular formula is C18H26N4O2. The summed E-state index contributed by atoms with van der Waals surface area (Å²) < 4.78 is 0. The number of nitrogens with one attached hydrogen (secondary N) is 2. The van der Waals surface area contributed by atoms with Gasteiger partial charge in [-0.05, 0) is 31.4 Å². The average molecular weight is 330 g/mol. The minimum atomic E-state index is -0.333. The van der Waals surface area contributed by atoms with Crippen LogP contribution in [0.3, 0.4) is 0 Å². The minimum Gasteiger partial charge on any atom is -0.354 e. The topological polar surface area (TPSA) is 101 Å². The molecule has 2 aromatic rings. The molecule has 6 nitrogen and oxygen atoms in total. The van der Waals surface area contributed by atoms with Crippen molar-refractivity contribution in [1.29, 1.82) is 0 Å². The standard InChI is InChI=1S/C18H26N4O2/c1-3-18(19,4-2)12-20-16(23)11-7-10-15-21-14-9-6-5-8-13(14)17(24)22-15/h5-6,8-9H,3-4,7,10-12,19H2,1-2H3,(H,20,23)(H,21,22,24). The SMILES string of the molecule is CCC(N)(CC)CNC(=O)CCCc1nc2ccccc2c(=O)[nH]1. The molecule has 0 radical (unpaired) electrons. The number of nitrogens with two attached hydrogens (primary N) is 1. The van der Waals surface area contributed by atoms with E-state index in [0.717, 1.165) is 12.8 Å². The van der Waals surface area contributed by atoms with Crippen LogP contribution in [0, 0.1) is 0 Å². The molecule has 1 heterocycles. The maximum absolute atomic E-state index is 12.0. The molecule has 2 rings (SSSR count). The van der Waals surface area contributed by atoms with E-state index in [-0.39, 0.29) is 17.0 Å². The molecule has 0 atom stereocenters. The highest BCUT2D eigenvalue weighted by Crippen LogP contribution is 2.10. The van der Waals surface area contributed by atoms with Gasteiger partial charge in [0.15, 0.2) is 0 Å². The Morgan fingerprint density at radius 3 is 2.71 bits per heavy atom. The number of amides is 1. The summed E-state index contributed by atoms with van der Waals surface area (Å²) in [5, 5.41) is 3.48. The van der Waals surface area contributed by atoms with E-state index in [0.29, 0.717) is 42.5 Å². The number of carbonyl (C=O) groups is 1. The number of aryl methyl sites for hydroxylation is 1. The van der Waals surface area contributed by atoms with Gasteiger partial charge in [0.1, 0.15) is 5.82 Å². The monoisotopic (exact) mass is 330 g/mol. The second kappa shape index (κ2) is 8.06. The molecule has 0 saturated carbocycles. The van der Waals surface area contributed by atoms with E-state index in [1.165, 1.54) is 0 Å². The van der Waals surface area contributed by atoms with Crippen LogP contribution in [-0.4, -0.2) is 28.0 Å². The van der Waals surface area contributed by atoms with Gasteiger partial charge in [0.25, 0.3) is 5.56 Å². The minimum absolute atomic E-state index is 0.0186. The van der Waals surface area contributed by atoms with Gasteiger partial charge in [-0.2, -0.15) is 0 Å². The Bertz CT molecular complexity index is 750. The number of fused-ring (bicyclic) bond motifs is 1. The van der Waals surface area contributed by atoms with Crippen LogP contribution >= 0.6 is 0 Å². The van der Waals surface area contributed by atoms with E-state index in [1.807, 2.05) is 32.0 Å². The van der Waals surface area contributed by atoms with E-state index in [1.54, 1.807) is 6.07 Å². The van der Waals surface area contributed by atoms with Crippen LogP contribution in [0.1, 0.15) is 45.4 Å². The third kappa shape index (κ3) is 4.64. The van der Waals surface area contributed by atoms with Crippen LogP contribution in [0.2, 0.25) is 0 Å². The summed E-state index contributed by atoms with van der Waals surface area (Å²) in [6.45, 7) is 4.54. The second-order valence-corrected chi connectivity index (χ2v) is 6.23. The van der Waals surface area contributed by atoms with Crippen molar-refractivity contribution in [2.24, 2.45) is 5.73 Å². The summed E-state index contributed by atoms with van der Waals surface area (Å²) in [6, 6.07) is 7.23. The summed E-state index contributed by atoms with van der Waals surface area (Å²) in [5.41, 5.74) is 6.38. The smallest absolute Gasteiger partial charge is 0.258 e. The van der Waals surface area contributed by atoms with Gasteiger partial charge in [-0.3, -0.25) is 9.59 Å². The number of aromatic nitrogens is 2. The van der Waals surface area contributed by atoms with E-state index < -0.39 is 0 Å². The molecule has 1 amide bonds. The van der Waals surface area contributed by atoms with Gasteiger partial charge in [-0.1, -0.05) is 26.0 Å². The van der Waals surface area contributed by atoms with Crippen molar-refractivity contribution < 1.29 is 4.79 Å². The molecule has 6 heteroatoms. The first-order valence-electron chi connectivity index (χ1n) is 8.51. The number of rotatable bonds is 8. The summed E-state index contributed by atoms with van der Waals surface area (Å²) >= 11 is 0. The Hall–Kier alpha value is -2.21. The quantitative estimate of drug-likeness (QED) is 0.688. The average Bonchev–Trinajstić information content (AvgIpc) is 2.60. The highest BCUT2D eigenvalue weighted by atomic mass is 16.1. The lowest BCUT2D eigenvalue weighted by atomic mass is 9.94. The Morgan fingerprint density at radius 1 is 1.29 bits per heavy atom. The molecule has 0 spiro atoms. The zero-order chi connectivity index (χ0) is 17.6. The Morgan fingerprint density at radius 2 is 2.00 bits per heavy atom. The van der Waals surface area contributed by atoms with Crippen LogP contribution < -0.4 is 16.6 Å². The number of benzene rings is 1. The molecule has 0 fully saturated rings. The third-order valence-corrected chi connectivity index (χ3v) is 4.53. The first-order valence-corrected chi connectivity index (χ1v) is 8.51. The molecule has 0 unspecified atom stereocenters. The van der Waals surface area contributed by atoms with Crippen LogP contribution in [-0.2, 0) is 11.2 Å². The predicted octanol–water partition coefficient (Wildman–Crippen LogP) is 1.88. The zero-order valence-electron chi connectivity index (χ0n) is 14.4. The van der Waals surface area contributed by atoms with Gasteiger partial charge in [0.2, 0.25) is 5.91 Å². The molecule has 1 aromatic heterocycles. The maximum atomic E-state index is 12.0. The van der Waals surface area contributed by atoms with Gasteiger partial charge in [0, 0.05) is 24.9 Å². The van der Waals surface area contributed by atoms with Gasteiger partial charge in [-0.15, -0.1) is 0 Å². The molecule has 4 N–H and O–H groups in total. The first kappa shape index (κ1) is 18.1. The fourth-order valence-electron chi connectivity index (χ4n) is 2.53. The highest BCUT2D eigenvalue weighted by Gasteiger charge is 2.20. The fourth-order valence-corrected chi connectivity index (χ4v) is 2.53. The van der Waals surface area contributed by atoms with E-state index in [4.69, 9.17) is 5.73 Å². The second-order valence-electron chi connectivity index (χ2n) is 6.23. The molecule has 130 valence electrons. The lowest BCUT2D eigenvalue weighted by molar-refractivity contribution is -0.121. The molecule has 0 aliphatic carbocycles. The van der Waals surface area contributed by atoms with E-state index >= 15 is 0 Å². The lowest BCUT2D eigenvalue weighted by Gasteiger charge is -2.26. The zero-order valence-corrected chi connectivity index (χ0v) is 14.4. The van der Waals surface area contributed by atoms with E-state index in [2.05, 4.69) is 15.3 Å². The summed E-state index contributed by atoms with van der Waals surface area (Å²) in [4.78, 5) is 31.1.